The average molecular weight is 375 g/mol. The third-order valence-corrected chi connectivity index (χ3v) is 5.43. The van der Waals surface area contributed by atoms with Crippen LogP contribution in [0.5, 0.6) is 0 Å². The summed E-state index contributed by atoms with van der Waals surface area (Å²) in [5, 5.41) is 3.34. The highest BCUT2D eigenvalue weighted by Gasteiger charge is 2.35. The van der Waals surface area contributed by atoms with Crippen molar-refractivity contribution >= 4 is 18.3 Å². The predicted octanol–water partition coefficient (Wildman–Crippen LogP) is 3.84. The fraction of sp³-hybridized carbons (Fsp3) is 0.381. The molecule has 0 saturated carbocycles. The molecule has 4 rings (SSSR count). The third-order valence-electron chi connectivity index (χ3n) is 5.43. The van der Waals surface area contributed by atoms with E-state index in [9.17, 15) is 9.18 Å². The molecule has 2 aromatic rings. The van der Waals surface area contributed by atoms with Gasteiger partial charge in [-0.1, -0.05) is 36.4 Å². The first-order valence-electron chi connectivity index (χ1n) is 9.08. The molecule has 2 atom stereocenters. The van der Waals surface area contributed by atoms with Gasteiger partial charge in [-0.15, -0.1) is 12.4 Å². The molecule has 1 fully saturated rings. The van der Waals surface area contributed by atoms with Crippen LogP contribution >= 0.6 is 12.4 Å². The maximum absolute atomic E-state index is 13.7. The number of fused-ring (bicyclic) bond motifs is 1. The molecular formula is C21H24ClFN2O. The average Bonchev–Trinajstić information content (AvgIpc) is 2.67. The molecule has 1 amide bonds. The van der Waals surface area contributed by atoms with Crippen molar-refractivity contribution in [3.05, 3.63) is 71.0 Å². The highest BCUT2D eigenvalue weighted by atomic mass is 35.5. The maximum Gasteiger partial charge on any atom is 0.230 e. The molecule has 1 saturated heterocycles. The Bertz CT molecular complexity index is 782. The fourth-order valence-corrected chi connectivity index (χ4v) is 4.19. The lowest BCUT2D eigenvalue weighted by Crippen LogP contribution is -2.50. The second-order valence-corrected chi connectivity index (χ2v) is 6.95. The number of amides is 1. The van der Waals surface area contributed by atoms with Gasteiger partial charge in [0.25, 0.3) is 0 Å². The molecule has 0 aromatic heterocycles. The summed E-state index contributed by atoms with van der Waals surface area (Å²) < 4.78 is 13.7. The quantitative estimate of drug-likeness (QED) is 0.866. The molecule has 1 heterocycles. The van der Waals surface area contributed by atoms with Crippen LogP contribution in [-0.4, -0.2) is 30.4 Å². The van der Waals surface area contributed by atoms with Crippen molar-refractivity contribution in [2.24, 2.45) is 0 Å². The zero-order valence-corrected chi connectivity index (χ0v) is 15.5. The van der Waals surface area contributed by atoms with E-state index in [1.165, 1.54) is 17.2 Å². The molecule has 3 nitrogen and oxygen atoms in total. The molecule has 2 unspecified atom stereocenters. The second-order valence-electron chi connectivity index (χ2n) is 6.95. The molecule has 1 aliphatic heterocycles. The number of nitrogens with zero attached hydrogens (tertiary/aromatic N) is 1. The molecular weight excluding hydrogens is 351 g/mol. The first kappa shape index (κ1) is 18.9. The fourth-order valence-electron chi connectivity index (χ4n) is 4.19. The lowest BCUT2D eigenvalue weighted by Gasteiger charge is -2.39. The van der Waals surface area contributed by atoms with Gasteiger partial charge in [0.1, 0.15) is 5.82 Å². The minimum Gasteiger partial charge on any atom is -0.333 e. The van der Waals surface area contributed by atoms with Crippen molar-refractivity contribution in [3.63, 3.8) is 0 Å². The van der Waals surface area contributed by atoms with Crippen molar-refractivity contribution in [2.75, 3.05) is 19.6 Å². The van der Waals surface area contributed by atoms with Gasteiger partial charge in [-0.3, -0.25) is 4.79 Å². The molecule has 138 valence electrons. The summed E-state index contributed by atoms with van der Waals surface area (Å²) in [6, 6.07) is 14.8. The van der Waals surface area contributed by atoms with E-state index in [2.05, 4.69) is 17.4 Å². The predicted molar refractivity (Wildman–Crippen MR) is 103 cm³/mol. The standard InChI is InChI=1S/C21H23FN2O.ClH/c22-17-8-3-7-16(13-17)20-14-23-11-12-24(20)21(25)19-10-4-6-15-5-1-2-9-18(15)19;/h1-3,5,7-9,13,19-20,23H,4,6,10-12,14H2;1H. The Kier molecular flexibility index (Phi) is 5.94. The van der Waals surface area contributed by atoms with E-state index in [1.54, 1.807) is 12.1 Å². The maximum atomic E-state index is 13.7. The van der Waals surface area contributed by atoms with E-state index in [4.69, 9.17) is 0 Å². The van der Waals surface area contributed by atoms with E-state index >= 15 is 0 Å². The molecule has 2 aliphatic rings. The summed E-state index contributed by atoms with van der Waals surface area (Å²) in [5.74, 6) is -0.138. The van der Waals surface area contributed by atoms with Crippen LogP contribution in [-0.2, 0) is 11.2 Å². The van der Waals surface area contributed by atoms with Gasteiger partial charge >= 0.3 is 0 Å². The number of rotatable bonds is 2. The van der Waals surface area contributed by atoms with E-state index < -0.39 is 0 Å². The molecule has 1 aliphatic carbocycles. The zero-order valence-electron chi connectivity index (χ0n) is 14.7. The summed E-state index contributed by atoms with van der Waals surface area (Å²) in [7, 11) is 0. The third kappa shape index (κ3) is 3.62. The molecule has 5 heteroatoms. The van der Waals surface area contributed by atoms with Crippen LogP contribution in [0.2, 0.25) is 0 Å². The molecule has 2 aromatic carbocycles. The molecule has 0 bridgehead atoms. The van der Waals surface area contributed by atoms with Gasteiger partial charge in [0.15, 0.2) is 0 Å². The van der Waals surface area contributed by atoms with E-state index in [0.717, 1.165) is 31.4 Å². The minimum atomic E-state index is -0.251. The van der Waals surface area contributed by atoms with Crippen LogP contribution in [0.15, 0.2) is 48.5 Å². The zero-order chi connectivity index (χ0) is 17.2. The summed E-state index contributed by atoms with van der Waals surface area (Å²) in [6.45, 7) is 2.12. The lowest BCUT2D eigenvalue weighted by molar-refractivity contribution is -0.136. The number of halogens is 2. The molecule has 1 N–H and O–H groups in total. The van der Waals surface area contributed by atoms with E-state index in [0.29, 0.717) is 13.1 Å². The SMILES string of the molecule is Cl.O=C(C1CCCc2ccccc21)N1CCNCC1c1cccc(F)c1. The number of carbonyl (C=O) groups is 1. The topological polar surface area (TPSA) is 32.3 Å². The number of carbonyl (C=O) groups excluding carboxylic acids is 1. The van der Waals surface area contributed by atoms with Crippen LogP contribution in [0.1, 0.15) is 41.5 Å². The summed E-state index contributed by atoms with van der Waals surface area (Å²) >= 11 is 0. The van der Waals surface area contributed by atoms with Crippen LogP contribution in [0.3, 0.4) is 0 Å². The number of piperazine rings is 1. The monoisotopic (exact) mass is 374 g/mol. The number of benzene rings is 2. The van der Waals surface area contributed by atoms with Gasteiger partial charge in [-0.05, 0) is 48.1 Å². The van der Waals surface area contributed by atoms with Crippen molar-refractivity contribution in [3.8, 4) is 0 Å². The highest BCUT2D eigenvalue weighted by molar-refractivity contribution is 5.85. The Morgan fingerprint density at radius 2 is 2.00 bits per heavy atom. The second kappa shape index (κ2) is 8.19. The van der Waals surface area contributed by atoms with Gasteiger partial charge in [0, 0.05) is 19.6 Å². The van der Waals surface area contributed by atoms with Crippen LogP contribution in [0, 0.1) is 5.82 Å². The van der Waals surface area contributed by atoms with Crippen molar-refractivity contribution in [1.82, 2.24) is 10.2 Å². The lowest BCUT2D eigenvalue weighted by atomic mass is 9.81. The first-order chi connectivity index (χ1) is 12.2. The normalized spacial score (nSPS) is 22.3. The van der Waals surface area contributed by atoms with E-state index in [-0.39, 0.29) is 36.1 Å². The van der Waals surface area contributed by atoms with Crippen LogP contribution in [0.25, 0.3) is 0 Å². The Morgan fingerprint density at radius 1 is 1.15 bits per heavy atom. The number of hydrogen-bond donors (Lipinski definition) is 1. The van der Waals surface area contributed by atoms with E-state index in [1.807, 2.05) is 23.1 Å². The van der Waals surface area contributed by atoms with Gasteiger partial charge < -0.3 is 10.2 Å². The van der Waals surface area contributed by atoms with Gasteiger partial charge in [-0.25, -0.2) is 4.39 Å². The van der Waals surface area contributed by atoms with Gasteiger partial charge in [0.05, 0.1) is 12.0 Å². The van der Waals surface area contributed by atoms with Crippen LogP contribution < -0.4 is 5.32 Å². The van der Waals surface area contributed by atoms with Gasteiger partial charge in [-0.2, -0.15) is 0 Å². The Morgan fingerprint density at radius 3 is 2.85 bits per heavy atom. The van der Waals surface area contributed by atoms with Gasteiger partial charge in [0.2, 0.25) is 5.91 Å². The molecule has 0 radical (unpaired) electrons. The number of aryl methyl sites for hydroxylation is 1. The minimum absolute atomic E-state index is 0. The number of nitrogens with one attached hydrogen (secondary N) is 1. The summed E-state index contributed by atoms with van der Waals surface area (Å²) in [4.78, 5) is 15.3. The van der Waals surface area contributed by atoms with Crippen LogP contribution in [0.4, 0.5) is 4.39 Å². The Labute approximate surface area is 160 Å². The van der Waals surface area contributed by atoms with Crippen molar-refractivity contribution in [2.45, 2.75) is 31.2 Å². The summed E-state index contributed by atoms with van der Waals surface area (Å²) in [5.41, 5.74) is 3.34. The van der Waals surface area contributed by atoms with Crippen molar-refractivity contribution in [1.29, 1.82) is 0 Å². The van der Waals surface area contributed by atoms with Crippen molar-refractivity contribution < 1.29 is 9.18 Å². The highest BCUT2D eigenvalue weighted by Crippen LogP contribution is 2.35. The summed E-state index contributed by atoms with van der Waals surface area (Å²) in [6.07, 6.45) is 2.99. The first-order valence-corrected chi connectivity index (χ1v) is 9.08. The Hall–Kier alpha value is -1.91. The smallest absolute Gasteiger partial charge is 0.230 e. The molecule has 26 heavy (non-hydrogen) atoms. The Balaban J connectivity index is 0.00000196. The number of hydrogen-bond acceptors (Lipinski definition) is 2. The largest absolute Gasteiger partial charge is 0.333 e. The molecule has 0 spiro atoms.